The van der Waals surface area contributed by atoms with Crippen LogP contribution in [-0.2, 0) is 30.0 Å². The van der Waals surface area contributed by atoms with Crippen molar-refractivity contribution in [3.63, 3.8) is 0 Å². The van der Waals surface area contributed by atoms with Crippen LogP contribution in [0.4, 0.5) is 11.4 Å². The average Bonchev–Trinajstić information content (AvgIpc) is 2.91. The molecule has 3 aromatic carbocycles. The summed E-state index contributed by atoms with van der Waals surface area (Å²) in [5, 5.41) is 2.57. The predicted octanol–water partition coefficient (Wildman–Crippen LogP) is 3.00. The zero-order valence-corrected chi connectivity index (χ0v) is 20.9. The summed E-state index contributed by atoms with van der Waals surface area (Å²) in [7, 11) is -1.52. The molecule has 0 fully saturated rings. The molecule has 0 saturated heterocycles. The molecule has 3 aromatic rings. The van der Waals surface area contributed by atoms with E-state index in [0.717, 1.165) is 4.31 Å². The number of benzene rings is 3. The largest absolute Gasteiger partial charge is 0.476 e. The van der Waals surface area contributed by atoms with Crippen molar-refractivity contribution in [3.8, 4) is 5.75 Å². The number of hydrogen-bond donors (Lipinski definition) is 1. The zero-order chi connectivity index (χ0) is 26.6. The molecular weight excluding hydrogens is 500 g/mol. The van der Waals surface area contributed by atoms with E-state index in [0.29, 0.717) is 11.3 Å². The van der Waals surface area contributed by atoms with Crippen LogP contribution in [0.2, 0.25) is 0 Å². The van der Waals surface area contributed by atoms with Crippen LogP contribution in [0.25, 0.3) is 0 Å². The molecule has 0 radical (unpaired) electrons. The first-order chi connectivity index (χ1) is 17.7. The smallest absolute Gasteiger partial charge is 0.339 e. The van der Waals surface area contributed by atoms with Crippen LogP contribution in [0.5, 0.6) is 5.75 Å². The van der Waals surface area contributed by atoms with Gasteiger partial charge in [0.1, 0.15) is 5.75 Å². The lowest BCUT2D eigenvalue weighted by Crippen LogP contribution is -2.49. The van der Waals surface area contributed by atoms with Gasteiger partial charge in [0.25, 0.3) is 5.91 Å². The number of rotatable bonds is 7. The Morgan fingerprint density at radius 2 is 1.62 bits per heavy atom. The quantitative estimate of drug-likeness (QED) is 0.467. The van der Waals surface area contributed by atoms with Crippen LogP contribution >= 0.6 is 0 Å². The Morgan fingerprint density at radius 3 is 2.32 bits per heavy atom. The van der Waals surface area contributed by atoms with Gasteiger partial charge in [0, 0.05) is 0 Å². The highest BCUT2D eigenvalue weighted by Gasteiger charge is 2.37. The van der Waals surface area contributed by atoms with E-state index in [1.54, 1.807) is 54.6 Å². The van der Waals surface area contributed by atoms with Crippen molar-refractivity contribution < 1.29 is 37.0 Å². The number of amides is 1. The van der Waals surface area contributed by atoms with E-state index in [9.17, 15) is 22.8 Å². The molecule has 1 amide bonds. The molecule has 37 heavy (non-hydrogen) atoms. The highest BCUT2D eigenvalue weighted by Crippen LogP contribution is 2.36. The lowest BCUT2D eigenvalue weighted by Gasteiger charge is -2.34. The number of nitrogens with one attached hydrogen (secondary N) is 1. The van der Waals surface area contributed by atoms with Crippen LogP contribution in [0, 0.1) is 0 Å². The zero-order valence-electron chi connectivity index (χ0n) is 20.0. The summed E-state index contributed by atoms with van der Waals surface area (Å²) in [5.74, 6) is -2.20. The molecule has 1 heterocycles. The summed E-state index contributed by atoms with van der Waals surface area (Å²) in [6, 6.07) is 19.2. The van der Waals surface area contributed by atoms with Crippen molar-refractivity contribution in [2.24, 2.45) is 0 Å². The van der Waals surface area contributed by atoms with Crippen molar-refractivity contribution in [2.75, 3.05) is 30.4 Å². The molecule has 0 bridgehead atoms. The van der Waals surface area contributed by atoms with Gasteiger partial charge in [-0.2, -0.15) is 0 Å². The minimum atomic E-state index is -3.90. The summed E-state index contributed by atoms with van der Waals surface area (Å²) >= 11 is 0. The van der Waals surface area contributed by atoms with Gasteiger partial charge >= 0.3 is 11.9 Å². The van der Waals surface area contributed by atoms with Crippen LogP contribution in [-0.4, -0.2) is 53.1 Å². The third-order valence-electron chi connectivity index (χ3n) is 5.66. The first-order valence-electron chi connectivity index (χ1n) is 11.1. The highest BCUT2D eigenvalue weighted by molar-refractivity contribution is 7.92. The summed E-state index contributed by atoms with van der Waals surface area (Å²) in [6.45, 7) is -0.303. The standard InChI is InChI=1S/C26H24N2O8S/c1-34-25(30)18-12-13-19(26(31)35-2)20(14-18)27-24(29)23-15-28(21-10-6-7-11-22(21)36-23)37(32,33)16-17-8-4-3-5-9-17/h3-14,23H,15-16H2,1-2H3,(H,27,29)/t23-/m0/s1. The molecule has 0 saturated carbocycles. The molecule has 192 valence electrons. The number of para-hydroxylation sites is 2. The number of esters is 2. The Hall–Kier alpha value is -4.38. The molecular formula is C26H24N2O8S. The molecule has 1 N–H and O–H groups in total. The number of fused-ring (bicyclic) bond motifs is 1. The van der Waals surface area contributed by atoms with Gasteiger partial charge in [0.15, 0.2) is 6.10 Å². The summed E-state index contributed by atoms with van der Waals surface area (Å²) < 4.78 is 43.3. The van der Waals surface area contributed by atoms with Crippen LogP contribution < -0.4 is 14.4 Å². The SMILES string of the molecule is COC(=O)c1ccc(C(=O)OC)c(NC(=O)[C@@H]2CN(S(=O)(=O)Cc3ccccc3)c3ccccc3O2)c1. The van der Waals surface area contributed by atoms with Crippen molar-refractivity contribution >= 4 is 39.2 Å². The average molecular weight is 525 g/mol. The van der Waals surface area contributed by atoms with Crippen molar-refractivity contribution in [1.82, 2.24) is 0 Å². The number of methoxy groups -OCH3 is 2. The minimum absolute atomic E-state index is 0.00623. The van der Waals surface area contributed by atoms with Gasteiger partial charge in [-0.1, -0.05) is 42.5 Å². The molecule has 0 unspecified atom stereocenters. The maximum Gasteiger partial charge on any atom is 0.339 e. The van der Waals surface area contributed by atoms with Crippen LogP contribution in [0.1, 0.15) is 26.3 Å². The van der Waals surface area contributed by atoms with Gasteiger partial charge in [-0.25, -0.2) is 18.0 Å². The van der Waals surface area contributed by atoms with E-state index < -0.39 is 34.0 Å². The minimum Gasteiger partial charge on any atom is -0.476 e. The second-order valence-electron chi connectivity index (χ2n) is 8.08. The lowest BCUT2D eigenvalue weighted by molar-refractivity contribution is -0.122. The molecule has 10 nitrogen and oxygen atoms in total. The van der Waals surface area contributed by atoms with Crippen molar-refractivity contribution in [1.29, 1.82) is 0 Å². The fourth-order valence-electron chi connectivity index (χ4n) is 3.86. The monoisotopic (exact) mass is 524 g/mol. The highest BCUT2D eigenvalue weighted by atomic mass is 32.2. The Balaban J connectivity index is 1.65. The molecule has 0 spiro atoms. The molecule has 1 atom stereocenters. The molecule has 1 aliphatic heterocycles. The number of carbonyl (C=O) groups excluding carboxylic acids is 3. The van der Waals surface area contributed by atoms with E-state index in [1.165, 1.54) is 32.4 Å². The van der Waals surface area contributed by atoms with E-state index in [-0.39, 0.29) is 34.9 Å². The maximum atomic E-state index is 13.4. The number of ether oxygens (including phenoxy) is 3. The van der Waals surface area contributed by atoms with Gasteiger partial charge in [0.2, 0.25) is 10.0 Å². The normalized spacial score (nSPS) is 14.6. The first-order valence-corrected chi connectivity index (χ1v) is 12.8. The number of carbonyl (C=O) groups is 3. The first kappa shape index (κ1) is 25.7. The van der Waals surface area contributed by atoms with E-state index in [4.69, 9.17) is 14.2 Å². The third kappa shape index (κ3) is 5.56. The number of hydrogen-bond acceptors (Lipinski definition) is 8. The van der Waals surface area contributed by atoms with Crippen LogP contribution in [0.15, 0.2) is 72.8 Å². The van der Waals surface area contributed by atoms with Gasteiger partial charge < -0.3 is 19.5 Å². The molecule has 0 aromatic heterocycles. The summed E-state index contributed by atoms with van der Waals surface area (Å²) in [4.78, 5) is 37.5. The molecule has 11 heteroatoms. The van der Waals surface area contributed by atoms with Gasteiger partial charge in [-0.3, -0.25) is 9.10 Å². The predicted molar refractivity (Wildman–Crippen MR) is 135 cm³/mol. The third-order valence-corrected chi connectivity index (χ3v) is 7.37. The summed E-state index contributed by atoms with van der Waals surface area (Å²) in [6.07, 6.45) is -1.26. The van der Waals surface area contributed by atoms with E-state index >= 15 is 0 Å². The van der Waals surface area contributed by atoms with Gasteiger partial charge in [0.05, 0.1) is 49.0 Å². The van der Waals surface area contributed by atoms with Crippen molar-refractivity contribution in [3.05, 3.63) is 89.5 Å². The van der Waals surface area contributed by atoms with E-state index in [1.807, 2.05) is 0 Å². The lowest BCUT2D eigenvalue weighted by atomic mass is 10.1. The Morgan fingerprint density at radius 1 is 0.946 bits per heavy atom. The summed E-state index contributed by atoms with van der Waals surface area (Å²) in [5.41, 5.74) is 0.974. The molecule has 4 rings (SSSR count). The number of anilines is 2. The Kier molecular flexibility index (Phi) is 7.44. The fourth-order valence-corrected chi connectivity index (χ4v) is 5.44. The van der Waals surface area contributed by atoms with Gasteiger partial charge in [-0.05, 0) is 35.9 Å². The van der Waals surface area contributed by atoms with Crippen molar-refractivity contribution in [2.45, 2.75) is 11.9 Å². The van der Waals surface area contributed by atoms with Crippen LogP contribution in [0.3, 0.4) is 0 Å². The number of nitrogens with zero attached hydrogens (tertiary/aromatic N) is 1. The second-order valence-corrected chi connectivity index (χ2v) is 9.97. The van der Waals surface area contributed by atoms with E-state index in [2.05, 4.69) is 5.32 Å². The Bertz CT molecular complexity index is 1440. The molecule has 1 aliphatic rings. The van der Waals surface area contributed by atoms with Gasteiger partial charge in [-0.15, -0.1) is 0 Å². The molecule has 0 aliphatic carbocycles. The Labute approximate surface area is 213 Å². The topological polar surface area (TPSA) is 128 Å². The second kappa shape index (κ2) is 10.7. The number of sulfonamides is 1. The fraction of sp³-hybridized carbons (Fsp3) is 0.192. The maximum absolute atomic E-state index is 13.4.